The summed E-state index contributed by atoms with van der Waals surface area (Å²) in [5.41, 5.74) is 2.14. The smallest absolute Gasteiger partial charge is 0.201 e. The molecule has 1 N–H and O–H groups in total. The predicted molar refractivity (Wildman–Crippen MR) is 95.4 cm³/mol. The van der Waals surface area contributed by atoms with Crippen molar-refractivity contribution in [1.82, 2.24) is 0 Å². The van der Waals surface area contributed by atoms with Crippen molar-refractivity contribution < 1.29 is 24.2 Å². The molecule has 0 saturated heterocycles. The lowest BCUT2D eigenvalue weighted by Gasteiger charge is -2.35. The molecule has 26 heavy (non-hydrogen) atoms. The Bertz CT molecular complexity index is 959. The molecule has 2 aromatic rings. The largest absolute Gasteiger partial charge is 0.507 e. The van der Waals surface area contributed by atoms with Crippen LogP contribution in [0.5, 0.6) is 11.5 Å². The van der Waals surface area contributed by atoms with E-state index in [4.69, 9.17) is 9.47 Å². The van der Waals surface area contributed by atoms with Crippen molar-refractivity contribution in [3.05, 3.63) is 57.6 Å². The minimum atomic E-state index is -0.368. The van der Waals surface area contributed by atoms with Crippen molar-refractivity contribution in [2.75, 3.05) is 14.2 Å². The molecule has 2 aliphatic carbocycles. The normalized spacial score (nSPS) is 21.0. The topological polar surface area (TPSA) is 72.8 Å². The third-order valence-corrected chi connectivity index (χ3v) is 5.65. The third kappa shape index (κ3) is 2.20. The van der Waals surface area contributed by atoms with Gasteiger partial charge in [0.05, 0.1) is 23.8 Å². The predicted octanol–water partition coefficient (Wildman–Crippen LogP) is 3.07. The molecule has 0 aliphatic heterocycles. The van der Waals surface area contributed by atoms with Gasteiger partial charge in [0.15, 0.2) is 5.78 Å². The number of ketones is 2. The van der Waals surface area contributed by atoms with Gasteiger partial charge in [0.1, 0.15) is 11.5 Å². The van der Waals surface area contributed by atoms with Gasteiger partial charge in [0.2, 0.25) is 5.78 Å². The minimum Gasteiger partial charge on any atom is -0.507 e. The summed E-state index contributed by atoms with van der Waals surface area (Å²) in [6, 6.07) is 6.71. The molecule has 0 saturated carbocycles. The van der Waals surface area contributed by atoms with Crippen LogP contribution in [0.3, 0.4) is 0 Å². The third-order valence-electron chi connectivity index (χ3n) is 5.65. The second kappa shape index (κ2) is 5.68. The zero-order valence-electron chi connectivity index (χ0n) is 15.0. The molecule has 134 valence electrons. The van der Waals surface area contributed by atoms with E-state index >= 15 is 0 Å². The summed E-state index contributed by atoms with van der Waals surface area (Å²) in [5.74, 6) is -0.371. The van der Waals surface area contributed by atoms with Gasteiger partial charge in [-0.25, -0.2) is 0 Å². The van der Waals surface area contributed by atoms with E-state index in [0.29, 0.717) is 24.2 Å². The average Bonchev–Trinajstić information content (AvgIpc) is 2.65. The van der Waals surface area contributed by atoms with E-state index in [1.807, 2.05) is 6.92 Å². The number of fused-ring (bicyclic) bond motifs is 3. The lowest BCUT2D eigenvalue weighted by Crippen LogP contribution is -2.35. The van der Waals surface area contributed by atoms with Gasteiger partial charge in [-0.05, 0) is 43.0 Å². The van der Waals surface area contributed by atoms with Crippen LogP contribution in [0.1, 0.15) is 56.3 Å². The van der Waals surface area contributed by atoms with E-state index in [1.165, 1.54) is 7.11 Å². The molecule has 0 amide bonds. The van der Waals surface area contributed by atoms with Gasteiger partial charge in [-0.3, -0.25) is 9.59 Å². The Hall–Kier alpha value is -2.66. The number of aromatic hydroxyl groups is 1. The summed E-state index contributed by atoms with van der Waals surface area (Å²) in [6.45, 7) is 2.01. The Labute approximate surface area is 151 Å². The van der Waals surface area contributed by atoms with Crippen molar-refractivity contribution in [2.45, 2.75) is 31.8 Å². The van der Waals surface area contributed by atoms with Crippen molar-refractivity contribution >= 4 is 11.6 Å². The maximum atomic E-state index is 13.1. The monoisotopic (exact) mass is 352 g/mol. The second-order valence-electron chi connectivity index (χ2n) is 7.16. The number of rotatable bonds is 2. The van der Waals surface area contributed by atoms with Crippen LogP contribution in [0.4, 0.5) is 0 Å². The Balaban J connectivity index is 1.94. The highest BCUT2D eigenvalue weighted by molar-refractivity contribution is 6.30. The van der Waals surface area contributed by atoms with Crippen LogP contribution in [-0.2, 0) is 17.6 Å². The van der Waals surface area contributed by atoms with Gasteiger partial charge < -0.3 is 14.6 Å². The van der Waals surface area contributed by atoms with Crippen molar-refractivity contribution in [3.8, 4) is 11.5 Å². The lowest BCUT2D eigenvalue weighted by molar-refractivity contribution is -0.00521. The molecule has 0 heterocycles. The number of methoxy groups -OCH3 is 2. The number of phenolic OH excluding ortho intramolecular Hbond substituents is 1. The highest BCUT2D eigenvalue weighted by atomic mass is 16.5. The number of hydrogen-bond acceptors (Lipinski definition) is 5. The van der Waals surface area contributed by atoms with Crippen molar-refractivity contribution in [1.29, 1.82) is 0 Å². The number of carbonyl (C=O) groups is 2. The van der Waals surface area contributed by atoms with E-state index < -0.39 is 0 Å². The average molecular weight is 352 g/mol. The standard InChI is InChI=1S/C21H20O5/c1-21(26-3)8-7-12-11(10-21)9-14-17(19(12)23)20(24)16-13(18(14)22)5-4-6-15(16)25-2/h4-6,9,23H,7-8,10H2,1-3H3. The van der Waals surface area contributed by atoms with Gasteiger partial charge in [-0.15, -0.1) is 0 Å². The molecule has 2 aromatic carbocycles. The number of benzene rings is 2. The van der Waals surface area contributed by atoms with Crippen LogP contribution in [0.25, 0.3) is 0 Å². The number of ether oxygens (including phenoxy) is 2. The highest BCUT2D eigenvalue weighted by Gasteiger charge is 2.39. The summed E-state index contributed by atoms with van der Waals surface area (Å²) in [7, 11) is 3.13. The van der Waals surface area contributed by atoms with Crippen LogP contribution < -0.4 is 4.74 Å². The Morgan fingerprint density at radius 2 is 1.85 bits per heavy atom. The van der Waals surface area contributed by atoms with Crippen molar-refractivity contribution in [3.63, 3.8) is 0 Å². The first kappa shape index (κ1) is 16.8. The van der Waals surface area contributed by atoms with Gasteiger partial charge in [0, 0.05) is 24.7 Å². The molecular weight excluding hydrogens is 332 g/mol. The van der Waals surface area contributed by atoms with E-state index in [9.17, 15) is 14.7 Å². The Morgan fingerprint density at radius 1 is 1.08 bits per heavy atom. The summed E-state index contributed by atoms with van der Waals surface area (Å²) in [6.07, 6.45) is 1.93. The molecule has 1 unspecified atom stereocenters. The molecule has 0 aromatic heterocycles. The lowest BCUT2D eigenvalue weighted by atomic mass is 9.75. The van der Waals surface area contributed by atoms with Gasteiger partial charge in [-0.1, -0.05) is 12.1 Å². The molecule has 5 nitrogen and oxygen atoms in total. The van der Waals surface area contributed by atoms with Gasteiger partial charge >= 0.3 is 0 Å². The van der Waals surface area contributed by atoms with Crippen LogP contribution in [0.15, 0.2) is 24.3 Å². The maximum Gasteiger partial charge on any atom is 0.201 e. The van der Waals surface area contributed by atoms with Crippen LogP contribution in [-0.4, -0.2) is 36.5 Å². The molecule has 0 radical (unpaired) electrons. The molecular formula is C21H20O5. The maximum absolute atomic E-state index is 13.1. The van der Waals surface area contributed by atoms with Crippen LogP contribution in [0.2, 0.25) is 0 Å². The second-order valence-corrected chi connectivity index (χ2v) is 7.16. The fourth-order valence-electron chi connectivity index (χ4n) is 4.06. The first-order valence-corrected chi connectivity index (χ1v) is 8.59. The van der Waals surface area contributed by atoms with Crippen LogP contribution in [0, 0.1) is 0 Å². The van der Waals surface area contributed by atoms with E-state index in [0.717, 1.165) is 17.5 Å². The molecule has 1 atom stereocenters. The van der Waals surface area contributed by atoms with Gasteiger partial charge in [-0.2, -0.15) is 0 Å². The summed E-state index contributed by atoms with van der Waals surface area (Å²) >= 11 is 0. The molecule has 0 fully saturated rings. The zero-order chi connectivity index (χ0) is 18.6. The molecule has 0 spiro atoms. The molecule has 0 bridgehead atoms. The number of hydrogen-bond donors (Lipinski definition) is 1. The fraction of sp³-hybridized carbons (Fsp3) is 0.333. The Kier molecular flexibility index (Phi) is 3.66. The summed E-state index contributed by atoms with van der Waals surface area (Å²) in [4.78, 5) is 26.1. The zero-order valence-corrected chi connectivity index (χ0v) is 15.0. The molecule has 4 rings (SSSR count). The Morgan fingerprint density at radius 3 is 2.54 bits per heavy atom. The van der Waals surface area contributed by atoms with Crippen molar-refractivity contribution in [2.24, 2.45) is 0 Å². The first-order chi connectivity index (χ1) is 12.4. The van der Waals surface area contributed by atoms with E-state index in [1.54, 1.807) is 31.4 Å². The number of carbonyl (C=O) groups excluding carboxylic acids is 2. The quantitative estimate of drug-likeness (QED) is 0.767. The molecule has 2 aliphatic rings. The minimum absolute atomic E-state index is 0.0782. The highest BCUT2D eigenvalue weighted by Crippen LogP contribution is 2.43. The summed E-state index contributed by atoms with van der Waals surface area (Å²) in [5, 5.41) is 10.8. The first-order valence-electron chi connectivity index (χ1n) is 8.59. The van der Waals surface area contributed by atoms with E-state index in [2.05, 4.69) is 0 Å². The molecule has 5 heteroatoms. The number of phenols is 1. The fourth-order valence-corrected chi connectivity index (χ4v) is 4.06. The van der Waals surface area contributed by atoms with E-state index in [-0.39, 0.29) is 39.6 Å². The SMILES string of the molecule is COc1cccc2c1C(=O)c1c(cc3c(c1O)CCC(C)(OC)C3)C2=O. The summed E-state index contributed by atoms with van der Waals surface area (Å²) < 4.78 is 10.9. The van der Waals surface area contributed by atoms with Crippen LogP contribution >= 0.6 is 0 Å². The van der Waals surface area contributed by atoms with Gasteiger partial charge in [0.25, 0.3) is 0 Å².